The van der Waals surface area contributed by atoms with Crippen LogP contribution in [0.15, 0.2) is 24.3 Å². The third kappa shape index (κ3) is 3.34. The average molecular weight is 255 g/mol. The van der Waals surface area contributed by atoms with Crippen LogP contribution in [-0.2, 0) is 0 Å². The van der Waals surface area contributed by atoms with Crippen molar-refractivity contribution in [2.75, 3.05) is 5.32 Å². The zero-order valence-corrected chi connectivity index (χ0v) is 10.5. The zero-order valence-electron chi connectivity index (χ0n) is 10.5. The molecular weight excluding hydrogens is 236 g/mol. The number of anilines is 1. The molecule has 1 unspecified atom stereocenters. The first-order valence-corrected chi connectivity index (χ1v) is 6.47. The van der Waals surface area contributed by atoms with Gasteiger partial charge < -0.3 is 10.1 Å². The maximum absolute atomic E-state index is 12.3. The third-order valence-electron chi connectivity index (χ3n) is 3.59. The molecular formula is C14H19F2NO. The third-order valence-corrected chi connectivity index (χ3v) is 3.59. The SMILES string of the molecule is CC(Nc1ccccc1OC(F)F)C1CCCC1. The number of nitrogens with one attached hydrogen (secondary N) is 1. The number of para-hydroxylation sites is 2. The van der Waals surface area contributed by atoms with E-state index in [0.717, 1.165) is 0 Å². The van der Waals surface area contributed by atoms with Gasteiger partial charge in [0, 0.05) is 6.04 Å². The fourth-order valence-electron chi connectivity index (χ4n) is 2.61. The van der Waals surface area contributed by atoms with E-state index in [9.17, 15) is 8.78 Å². The molecule has 0 amide bonds. The van der Waals surface area contributed by atoms with Crippen molar-refractivity contribution < 1.29 is 13.5 Å². The van der Waals surface area contributed by atoms with Crippen LogP contribution in [-0.4, -0.2) is 12.7 Å². The van der Waals surface area contributed by atoms with Gasteiger partial charge in [0.15, 0.2) is 0 Å². The van der Waals surface area contributed by atoms with Crippen LogP contribution < -0.4 is 10.1 Å². The molecule has 0 bridgehead atoms. The number of hydrogen-bond donors (Lipinski definition) is 1. The maximum atomic E-state index is 12.3. The van der Waals surface area contributed by atoms with Gasteiger partial charge in [-0.1, -0.05) is 25.0 Å². The van der Waals surface area contributed by atoms with Crippen molar-refractivity contribution in [3.63, 3.8) is 0 Å². The number of alkyl halides is 2. The van der Waals surface area contributed by atoms with E-state index in [1.807, 2.05) is 6.07 Å². The second-order valence-corrected chi connectivity index (χ2v) is 4.85. The summed E-state index contributed by atoms with van der Waals surface area (Å²) in [5.41, 5.74) is 0.650. The van der Waals surface area contributed by atoms with Gasteiger partial charge in [-0.25, -0.2) is 0 Å². The van der Waals surface area contributed by atoms with E-state index >= 15 is 0 Å². The molecule has 100 valence electrons. The summed E-state index contributed by atoms with van der Waals surface area (Å²) in [7, 11) is 0. The molecule has 18 heavy (non-hydrogen) atoms. The Balaban J connectivity index is 2.03. The summed E-state index contributed by atoms with van der Waals surface area (Å²) in [6.07, 6.45) is 4.97. The maximum Gasteiger partial charge on any atom is 0.387 e. The molecule has 1 aromatic rings. The zero-order chi connectivity index (χ0) is 13.0. The minimum absolute atomic E-state index is 0.220. The highest BCUT2D eigenvalue weighted by Gasteiger charge is 2.22. The van der Waals surface area contributed by atoms with Gasteiger partial charge in [0.05, 0.1) is 5.69 Å². The van der Waals surface area contributed by atoms with E-state index in [-0.39, 0.29) is 11.8 Å². The molecule has 1 aliphatic carbocycles. The molecule has 0 heterocycles. The van der Waals surface area contributed by atoms with Gasteiger partial charge in [0.25, 0.3) is 0 Å². The molecule has 1 N–H and O–H groups in total. The second kappa shape index (κ2) is 6.03. The van der Waals surface area contributed by atoms with Gasteiger partial charge in [-0.05, 0) is 37.8 Å². The van der Waals surface area contributed by atoms with Crippen molar-refractivity contribution in [2.45, 2.75) is 45.3 Å². The van der Waals surface area contributed by atoms with Crippen LogP contribution in [0.25, 0.3) is 0 Å². The number of benzene rings is 1. The molecule has 0 radical (unpaired) electrons. The Kier molecular flexibility index (Phi) is 4.39. The first-order valence-electron chi connectivity index (χ1n) is 6.47. The van der Waals surface area contributed by atoms with Crippen LogP contribution >= 0.6 is 0 Å². The summed E-state index contributed by atoms with van der Waals surface area (Å²) >= 11 is 0. The smallest absolute Gasteiger partial charge is 0.387 e. The van der Waals surface area contributed by atoms with Crippen LogP contribution in [0.3, 0.4) is 0 Å². The van der Waals surface area contributed by atoms with E-state index in [4.69, 9.17) is 0 Å². The molecule has 1 aromatic carbocycles. The molecule has 0 spiro atoms. The fraction of sp³-hybridized carbons (Fsp3) is 0.571. The Labute approximate surface area is 106 Å². The largest absolute Gasteiger partial charge is 0.433 e. The molecule has 1 fully saturated rings. The Bertz CT molecular complexity index is 378. The Hall–Kier alpha value is -1.32. The quantitative estimate of drug-likeness (QED) is 0.848. The van der Waals surface area contributed by atoms with Crippen molar-refractivity contribution in [1.82, 2.24) is 0 Å². The molecule has 2 rings (SSSR count). The second-order valence-electron chi connectivity index (χ2n) is 4.85. The lowest BCUT2D eigenvalue weighted by molar-refractivity contribution is -0.0494. The van der Waals surface area contributed by atoms with E-state index in [1.54, 1.807) is 18.2 Å². The van der Waals surface area contributed by atoms with E-state index < -0.39 is 6.61 Å². The van der Waals surface area contributed by atoms with Crippen LogP contribution in [0, 0.1) is 5.92 Å². The summed E-state index contributed by atoms with van der Waals surface area (Å²) in [5.74, 6) is 0.849. The molecule has 0 aromatic heterocycles. The summed E-state index contributed by atoms with van der Waals surface area (Å²) in [6, 6.07) is 7.15. The Morgan fingerprint density at radius 2 is 1.89 bits per heavy atom. The lowest BCUT2D eigenvalue weighted by Crippen LogP contribution is -2.24. The van der Waals surface area contributed by atoms with Crippen LogP contribution in [0.2, 0.25) is 0 Å². The fourth-order valence-corrected chi connectivity index (χ4v) is 2.61. The highest BCUT2D eigenvalue weighted by molar-refractivity contribution is 5.56. The summed E-state index contributed by atoms with van der Waals surface area (Å²) in [5, 5.41) is 3.30. The molecule has 0 saturated heterocycles. The van der Waals surface area contributed by atoms with Gasteiger partial charge in [0.1, 0.15) is 5.75 Å². The number of rotatable bonds is 5. The van der Waals surface area contributed by atoms with Gasteiger partial charge in [-0.3, -0.25) is 0 Å². The van der Waals surface area contributed by atoms with Crippen molar-refractivity contribution in [3.8, 4) is 5.75 Å². The van der Waals surface area contributed by atoms with E-state index in [1.165, 1.54) is 25.7 Å². The lowest BCUT2D eigenvalue weighted by Gasteiger charge is -2.23. The first-order chi connectivity index (χ1) is 8.66. The molecule has 1 aliphatic rings. The first kappa shape index (κ1) is 13.1. The highest BCUT2D eigenvalue weighted by Crippen LogP contribution is 2.32. The lowest BCUT2D eigenvalue weighted by atomic mass is 9.99. The molecule has 1 atom stereocenters. The normalized spacial score (nSPS) is 18.0. The van der Waals surface area contributed by atoms with Gasteiger partial charge in [-0.15, -0.1) is 0 Å². The summed E-state index contributed by atoms with van der Waals surface area (Å²) < 4.78 is 29.1. The van der Waals surface area contributed by atoms with E-state index in [2.05, 4.69) is 17.0 Å². The molecule has 1 saturated carbocycles. The van der Waals surface area contributed by atoms with Crippen LogP contribution in [0.5, 0.6) is 5.75 Å². The molecule has 2 nitrogen and oxygen atoms in total. The van der Waals surface area contributed by atoms with Crippen molar-refractivity contribution in [1.29, 1.82) is 0 Å². The number of halogens is 2. The van der Waals surface area contributed by atoms with Gasteiger partial charge >= 0.3 is 6.61 Å². The monoisotopic (exact) mass is 255 g/mol. The number of hydrogen-bond acceptors (Lipinski definition) is 2. The predicted molar refractivity (Wildman–Crippen MR) is 68.1 cm³/mol. The van der Waals surface area contributed by atoms with Gasteiger partial charge in [0.2, 0.25) is 0 Å². The van der Waals surface area contributed by atoms with Crippen molar-refractivity contribution in [2.24, 2.45) is 5.92 Å². The van der Waals surface area contributed by atoms with Gasteiger partial charge in [-0.2, -0.15) is 8.78 Å². The summed E-state index contributed by atoms with van der Waals surface area (Å²) in [6.45, 7) is -0.676. The predicted octanol–water partition coefficient (Wildman–Crippen LogP) is 4.28. The van der Waals surface area contributed by atoms with Crippen molar-refractivity contribution in [3.05, 3.63) is 24.3 Å². The Morgan fingerprint density at radius 3 is 2.56 bits per heavy atom. The van der Waals surface area contributed by atoms with Crippen LogP contribution in [0.1, 0.15) is 32.6 Å². The standard InChI is InChI=1S/C14H19F2NO/c1-10(11-6-2-3-7-11)17-12-8-4-5-9-13(12)18-14(15)16/h4-5,8-11,14,17H,2-3,6-7H2,1H3. The minimum Gasteiger partial charge on any atom is -0.433 e. The van der Waals surface area contributed by atoms with Crippen molar-refractivity contribution >= 4 is 5.69 Å². The summed E-state index contributed by atoms with van der Waals surface area (Å²) in [4.78, 5) is 0. The van der Waals surface area contributed by atoms with Crippen LogP contribution in [0.4, 0.5) is 14.5 Å². The Morgan fingerprint density at radius 1 is 1.22 bits per heavy atom. The molecule has 0 aliphatic heterocycles. The van der Waals surface area contributed by atoms with E-state index in [0.29, 0.717) is 11.6 Å². The molecule has 4 heteroatoms. The minimum atomic E-state index is -2.78. The topological polar surface area (TPSA) is 21.3 Å². The number of ether oxygens (including phenoxy) is 1. The average Bonchev–Trinajstić information content (AvgIpc) is 2.84. The highest BCUT2D eigenvalue weighted by atomic mass is 19.3.